The number of nitrogens with zero attached hydrogens (tertiary/aromatic N) is 2. The van der Waals surface area contributed by atoms with Crippen molar-refractivity contribution in [3.05, 3.63) is 18.0 Å². The van der Waals surface area contributed by atoms with Crippen LogP contribution < -0.4 is 5.73 Å². The third kappa shape index (κ3) is 2.34. The van der Waals surface area contributed by atoms with Gasteiger partial charge in [-0.3, -0.25) is 4.68 Å². The lowest BCUT2D eigenvalue weighted by atomic mass is 10.0. The minimum Gasteiger partial charge on any atom is -0.330 e. The van der Waals surface area contributed by atoms with Gasteiger partial charge in [-0.1, -0.05) is 6.92 Å². The lowest BCUT2D eigenvalue weighted by Gasteiger charge is -2.07. The predicted octanol–water partition coefficient (Wildman–Crippen LogP) is 0.948. The molecule has 0 aromatic carbocycles. The van der Waals surface area contributed by atoms with Gasteiger partial charge < -0.3 is 5.73 Å². The van der Waals surface area contributed by atoms with Crippen molar-refractivity contribution in [1.29, 1.82) is 0 Å². The molecule has 0 spiro atoms. The predicted molar refractivity (Wildman–Crippen MR) is 49.7 cm³/mol. The molecule has 2 N–H and O–H groups in total. The van der Waals surface area contributed by atoms with Gasteiger partial charge in [0.25, 0.3) is 0 Å². The van der Waals surface area contributed by atoms with Gasteiger partial charge in [-0.15, -0.1) is 0 Å². The molecule has 0 saturated carbocycles. The fraction of sp³-hybridized carbons (Fsp3) is 0.667. The zero-order valence-corrected chi connectivity index (χ0v) is 7.83. The zero-order chi connectivity index (χ0) is 8.97. The van der Waals surface area contributed by atoms with Crippen LogP contribution in [0.1, 0.15) is 19.0 Å². The van der Waals surface area contributed by atoms with Gasteiger partial charge in [0.1, 0.15) is 0 Å². The van der Waals surface area contributed by atoms with Gasteiger partial charge >= 0.3 is 0 Å². The topological polar surface area (TPSA) is 43.8 Å². The molecular formula is C9H17N3. The van der Waals surface area contributed by atoms with E-state index in [1.807, 2.05) is 17.9 Å². The van der Waals surface area contributed by atoms with Crippen LogP contribution >= 0.6 is 0 Å². The quantitative estimate of drug-likeness (QED) is 0.725. The Bertz CT molecular complexity index is 229. The van der Waals surface area contributed by atoms with Crippen molar-refractivity contribution in [3.63, 3.8) is 0 Å². The maximum atomic E-state index is 5.53. The SMILES string of the molecule is CC(CN)CCc1ccnn1C. The Labute approximate surface area is 73.6 Å². The lowest BCUT2D eigenvalue weighted by Crippen LogP contribution is -2.12. The van der Waals surface area contributed by atoms with E-state index in [2.05, 4.69) is 18.1 Å². The molecule has 1 atom stereocenters. The molecule has 68 valence electrons. The Balaban J connectivity index is 2.38. The summed E-state index contributed by atoms with van der Waals surface area (Å²) >= 11 is 0. The lowest BCUT2D eigenvalue weighted by molar-refractivity contribution is 0.530. The van der Waals surface area contributed by atoms with Crippen LogP contribution in [-0.2, 0) is 13.5 Å². The Morgan fingerprint density at radius 2 is 2.42 bits per heavy atom. The van der Waals surface area contributed by atoms with E-state index < -0.39 is 0 Å². The first kappa shape index (κ1) is 9.26. The third-order valence-electron chi connectivity index (χ3n) is 2.22. The second-order valence-corrected chi connectivity index (χ2v) is 3.33. The molecule has 1 heterocycles. The number of rotatable bonds is 4. The second-order valence-electron chi connectivity index (χ2n) is 3.33. The number of aromatic nitrogens is 2. The monoisotopic (exact) mass is 167 g/mol. The average molecular weight is 167 g/mol. The van der Waals surface area contributed by atoms with E-state index >= 15 is 0 Å². The second kappa shape index (κ2) is 4.26. The van der Waals surface area contributed by atoms with E-state index in [0.29, 0.717) is 5.92 Å². The van der Waals surface area contributed by atoms with E-state index in [9.17, 15) is 0 Å². The van der Waals surface area contributed by atoms with Crippen LogP contribution in [0.4, 0.5) is 0 Å². The van der Waals surface area contributed by atoms with E-state index in [0.717, 1.165) is 19.4 Å². The molecule has 0 aliphatic carbocycles. The van der Waals surface area contributed by atoms with E-state index in [1.165, 1.54) is 5.69 Å². The smallest absolute Gasteiger partial charge is 0.0492 e. The molecule has 0 aliphatic heterocycles. The summed E-state index contributed by atoms with van der Waals surface area (Å²) in [6.07, 6.45) is 4.06. The summed E-state index contributed by atoms with van der Waals surface area (Å²) in [5, 5.41) is 4.11. The highest BCUT2D eigenvalue weighted by Gasteiger charge is 2.02. The van der Waals surface area contributed by atoms with Crippen molar-refractivity contribution in [2.75, 3.05) is 6.54 Å². The van der Waals surface area contributed by atoms with Crippen LogP contribution in [0.5, 0.6) is 0 Å². The molecular weight excluding hydrogens is 150 g/mol. The molecule has 1 rings (SSSR count). The molecule has 0 saturated heterocycles. The maximum absolute atomic E-state index is 5.53. The van der Waals surface area contributed by atoms with Crippen molar-refractivity contribution in [2.24, 2.45) is 18.7 Å². The summed E-state index contributed by atoms with van der Waals surface area (Å²) in [7, 11) is 1.97. The highest BCUT2D eigenvalue weighted by molar-refractivity contribution is 4.99. The standard InChI is InChI=1S/C9H17N3/c1-8(7-10)3-4-9-5-6-11-12(9)2/h5-6,8H,3-4,7,10H2,1-2H3. The number of aryl methyl sites for hydroxylation is 2. The van der Waals surface area contributed by atoms with Crippen LogP contribution in [-0.4, -0.2) is 16.3 Å². The number of nitrogens with two attached hydrogens (primary N) is 1. The van der Waals surface area contributed by atoms with Gasteiger partial charge in [0, 0.05) is 18.9 Å². The Morgan fingerprint density at radius 1 is 1.67 bits per heavy atom. The first-order valence-electron chi connectivity index (χ1n) is 4.41. The Kier molecular flexibility index (Phi) is 3.29. The fourth-order valence-electron chi connectivity index (χ4n) is 1.16. The van der Waals surface area contributed by atoms with E-state index in [-0.39, 0.29) is 0 Å². The minimum atomic E-state index is 0.611. The molecule has 0 aliphatic rings. The van der Waals surface area contributed by atoms with Crippen molar-refractivity contribution in [3.8, 4) is 0 Å². The van der Waals surface area contributed by atoms with E-state index in [4.69, 9.17) is 5.73 Å². The Hall–Kier alpha value is -0.830. The van der Waals surface area contributed by atoms with Gasteiger partial charge in [-0.2, -0.15) is 5.10 Å². The van der Waals surface area contributed by atoms with Gasteiger partial charge in [-0.05, 0) is 31.4 Å². The average Bonchev–Trinajstić information content (AvgIpc) is 2.47. The van der Waals surface area contributed by atoms with Gasteiger partial charge in [-0.25, -0.2) is 0 Å². The summed E-state index contributed by atoms with van der Waals surface area (Å²) < 4.78 is 1.92. The van der Waals surface area contributed by atoms with Crippen LogP contribution in [0, 0.1) is 5.92 Å². The molecule has 1 unspecified atom stereocenters. The van der Waals surface area contributed by atoms with Gasteiger partial charge in [0.05, 0.1) is 0 Å². The van der Waals surface area contributed by atoms with E-state index in [1.54, 1.807) is 0 Å². The van der Waals surface area contributed by atoms with Gasteiger partial charge in [0.15, 0.2) is 0 Å². The molecule has 0 bridgehead atoms. The summed E-state index contributed by atoms with van der Waals surface area (Å²) in [6.45, 7) is 2.95. The first-order chi connectivity index (χ1) is 5.74. The normalized spacial score (nSPS) is 13.2. The minimum absolute atomic E-state index is 0.611. The molecule has 3 heteroatoms. The van der Waals surface area contributed by atoms with Crippen molar-refractivity contribution in [2.45, 2.75) is 19.8 Å². The third-order valence-corrected chi connectivity index (χ3v) is 2.22. The molecule has 0 fully saturated rings. The fourth-order valence-corrected chi connectivity index (χ4v) is 1.16. The van der Waals surface area contributed by atoms with Crippen molar-refractivity contribution >= 4 is 0 Å². The van der Waals surface area contributed by atoms with Gasteiger partial charge in [0.2, 0.25) is 0 Å². The summed E-state index contributed by atoms with van der Waals surface area (Å²) in [4.78, 5) is 0. The Morgan fingerprint density at radius 3 is 2.92 bits per heavy atom. The highest BCUT2D eigenvalue weighted by Crippen LogP contribution is 2.06. The van der Waals surface area contributed by atoms with Crippen LogP contribution in [0.25, 0.3) is 0 Å². The molecule has 3 nitrogen and oxygen atoms in total. The van der Waals surface area contributed by atoms with Crippen molar-refractivity contribution in [1.82, 2.24) is 9.78 Å². The maximum Gasteiger partial charge on any atom is 0.0492 e. The highest BCUT2D eigenvalue weighted by atomic mass is 15.2. The summed E-state index contributed by atoms with van der Waals surface area (Å²) in [5.74, 6) is 0.611. The zero-order valence-electron chi connectivity index (χ0n) is 7.83. The molecule has 0 amide bonds. The first-order valence-corrected chi connectivity index (χ1v) is 4.41. The number of hydrogen-bond acceptors (Lipinski definition) is 2. The molecule has 0 radical (unpaired) electrons. The molecule has 1 aromatic rings. The largest absolute Gasteiger partial charge is 0.330 e. The van der Waals surface area contributed by atoms with Crippen LogP contribution in [0.2, 0.25) is 0 Å². The molecule has 12 heavy (non-hydrogen) atoms. The van der Waals surface area contributed by atoms with Crippen LogP contribution in [0.15, 0.2) is 12.3 Å². The summed E-state index contributed by atoms with van der Waals surface area (Å²) in [5.41, 5.74) is 6.81. The van der Waals surface area contributed by atoms with Crippen molar-refractivity contribution < 1.29 is 0 Å². The summed E-state index contributed by atoms with van der Waals surface area (Å²) in [6, 6.07) is 2.06. The van der Waals surface area contributed by atoms with Crippen LogP contribution in [0.3, 0.4) is 0 Å². The number of hydrogen-bond donors (Lipinski definition) is 1. The molecule has 1 aromatic heterocycles.